The van der Waals surface area contributed by atoms with Crippen molar-refractivity contribution in [2.24, 2.45) is 0 Å². The average molecular weight is 265 g/mol. The van der Waals surface area contributed by atoms with Gasteiger partial charge in [-0.2, -0.15) is 0 Å². The molecule has 2 aliphatic heterocycles. The van der Waals surface area contributed by atoms with E-state index in [1.165, 1.54) is 16.7 Å². The Hall–Kier alpha value is -2.29. The van der Waals surface area contributed by atoms with E-state index in [0.29, 0.717) is 6.54 Å². The molecule has 0 saturated carbocycles. The topological polar surface area (TPSA) is 38.3 Å². The van der Waals surface area contributed by atoms with Gasteiger partial charge in [0.15, 0.2) is 0 Å². The highest BCUT2D eigenvalue weighted by Gasteiger charge is 2.23. The number of amides is 1. The van der Waals surface area contributed by atoms with Crippen molar-refractivity contribution in [2.45, 2.75) is 12.8 Å². The highest BCUT2D eigenvalue weighted by atomic mass is 16.5. The molecule has 0 spiro atoms. The number of hydrogen-bond acceptors (Lipinski definition) is 2. The summed E-state index contributed by atoms with van der Waals surface area (Å²) < 4.78 is 5.65. The lowest BCUT2D eigenvalue weighted by Crippen LogP contribution is -2.32. The van der Waals surface area contributed by atoms with Gasteiger partial charge < -0.3 is 10.1 Å². The lowest BCUT2D eigenvalue weighted by molar-refractivity contribution is 0.0946. The number of nitrogens with one attached hydrogen (secondary N) is 1. The number of carbonyl (C=O) groups is 1. The summed E-state index contributed by atoms with van der Waals surface area (Å²) >= 11 is 0. The molecule has 2 aromatic carbocycles. The SMILES string of the molecule is O=C1NCCc2c1cccc2-c1cccc2c1CCO2. The van der Waals surface area contributed by atoms with Gasteiger partial charge in [-0.05, 0) is 35.2 Å². The first-order chi connectivity index (χ1) is 9.84. The van der Waals surface area contributed by atoms with Crippen molar-refractivity contribution >= 4 is 5.91 Å². The fraction of sp³-hybridized carbons (Fsp3) is 0.235. The van der Waals surface area contributed by atoms with Crippen molar-refractivity contribution in [1.29, 1.82) is 0 Å². The van der Waals surface area contributed by atoms with E-state index >= 15 is 0 Å². The molecule has 2 aliphatic rings. The van der Waals surface area contributed by atoms with Crippen LogP contribution in [0.5, 0.6) is 5.75 Å². The number of fused-ring (bicyclic) bond motifs is 2. The standard InChI is InChI=1S/C17H15NO2/c19-17-15-5-1-3-11(13(15)7-9-18-17)12-4-2-6-16-14(12)8-10-20-16/h1-6H,7-10H2,(H,18,19). The molecule has 0 bridgehead atoms. The molecule has 0 atom stereocenters. The molecule has 0 fully saturated rings. The Balaban J connectivity index is 1.94. The van der Waals surface area contributed by atoms with Crippen LogP contribution in [-0.2, 0) is 12.8 Å². The fourth-order valence-corrected chi connectivity index (χ4v) is 3.19. The van der Waals surface area contributed by atoms with E-state index < -0.39 is 0 Å². The van der Waals surface area contributed by atoms with Gasteiger partial charge in [-0.3, -0.25) is 4.79 Å². The number of ether oxygens (including phenoxy) is 1. The first-order valence-corrected chi connectivity index (χ1v) is 7.00. The third-order valence-electron chi connectivity index (χ3n) is 4.11. The first kappa shape index (κ1) is 11.5. The minimum Gasteiger partial charge on any atom is -0.493 e. The van der Waals surface area contributed by atoms with Gasteiger partial charge in [0.25, 0.3) is 5.91 Å². The van der Waals surface area contributed by atoms with Gasteiger partial charge in [-0.25, -0.2) is 0 Å². The van der Waals surface area contributed by atoms with Crippen molar-refractivity contribution in [3.63, 3.8) is 0 Å². The van der Waals surface area contributed by atoms with Crippen molar-refractivity contribution in [2.75, 3.05) is 13.2 Å². The van der Waals surface area contributed by atoms with E-state index in [1.54, 1.807) is 0 Å². The van der Waals surface area contributed by atoms with Crippen molar-refractivity contribution in [3.8, 4) is 16.9 Å². The molecule has 4 rings (SSSR count). The zero-order chi connectivity index (χ0) is 13.5. The molecule has 1 N–H and O–H groups in total. The molecule has 2 aromatic rings. The van der Waals surface area contributed by atoms with Gasteiger partial charge in [0.2, 0.25) is 0 Å². The second-order valence-corrected chi connectivity index (χ2v) is 5.22. The Morgan fingerprint density at radius 2 is 1.65 bits per heavy atom. The first-order valence-electron chi connectivity index (χ1n) is 7.00. The van der Waals surface area contributed by atoms with Gasteiger partial charge in [0.1, 0.15) is 5.75 Å². The summed E-state index contributed by atoms with van der Waals surface area (Å²) in [6.45, 7) is 1.47. The van der Waals surface area contributed by atoms with Gasteiger partial charge in [0.05, 0.1) is 6.61 Å². The van der Waals surface area contributed by atoms with Crippen molar-refractivity contribution in [1.82, 2.24) is 5.32 Å². The third-order valence-corrected chi connectivity index (χ3v) is 4.11. The van der Waals surface area contributed by atoms with Gasteiger partial charge in [-0.15, -0.1) is 0 Å². The molecule has 0 aromatic heterocycles. The van der Waals surface area contributed by atoms with E-state index in [9.17, 15) is 4.79 Å². The van der Waals surface area contributed by atoms with Crippen LogP contribution in [0.25, 0.3) is 11.1 Å². The smallest absolute Gasteiger partial charge is 0.251 e. The Kier molecular flexibility index (Phi) is 2.52. The van der Waals surface area contributed by atoms with E-state index in [0.717, 1.165) is 36.3 Å². The Labute approximate surface area is 117 Å². The molecule has 0 radical (unpaired) electrons. The van der Waals surface area contributed by atoms with E-state index in [1.807, 2.05) is 24.3 Å². The normalized spacial score (nSPS) is 16.1. The van der Waals surface area contributed by atoms with Crippen LogP contribution in [0, 0.1) is 0 Å². The van der Waals surface area contributed by atoms with Gasteiger partial charge in [-0.1, -0.05) is 24.3 Å². The maximum Gasteiger partial charge on any atom is 0.251 e. The largest absolute Gasteiger partial charge is 0.493 e. The fourth-order valence-electron chi connectivity index (χ4n) is 3.19. The Morgan fingerprint density at radius 1 is 0.900 bits per heavy atom. The zero-order valence-electron chi connectivity index (χ0n) is 11.1. The highest BCUT2D eigenvalue weighted by molar-refractivity contribution is 5.99. The zero-order valence-corrected chi connectivity index (χ0v) is 11.1. The summed E-state index contributed by atoms with van der Waals surface area (Å²) in [6.07, 6.45) is 1.84. The number of hydrogen-bond donors (Lipinski definition) is 1. The second kappa shape index (κ2) is 4.37. The predicted octanol–water partition coefficient (Wildman–Crippen LogP) is 2.57. The van der Waals surface area contributed by atoms with Crippen molar-refractivity contribution < 1.29 is 9.53 Å². The average Bonchev–Trinajstić information content (AvgIpc) is 2.96. The van der Waals surface area contributed by atoms with Crippen LogP contribution in [0.15, 0.2) is 36.4 Å². The van der Waals surface area contributed by atoms with Crippen LogP contribution in [0.3, 0.4) is 0 Å². The van der Waals surface area contributed by atoms with Crippen LogP contribution < -0.4 is 10.1 Å². The lowest BCUT2D eigenvalue weighted by Gasteiger charge is -2.20. The molecular weight excluding hydrogens is 250 g/mol. The molecule has 20 heavy (non-hydrogen) atoms. The van der Waals surface area contributed by atoms with Crippen LogP contribution in [0.1, 0.15) is 21.5 Å². The maximum atomic E-state index is 12.0. The molecule has 2 heterocycles. The number of benzene rings is 2. The summed E-state index contributed by atoms with van der Waals surface area (Å²) in [5.41, 5.74) is 5.64. The summed E-state index contributed by atoms with van der Waals surface area (Å²) in [5.74, 6) is 1.03. The van der Waals surface area contributed by atoms with Crippen LogP contribution in [0.4, 0.5) is 0 Å². The minimum absolute atomic E-state index is 0.0388. The highest BCUT2D eigenvalue weighted by Crippen LogP contribution is 2.37. The molecular formula is C17H15NO2. The number of rotatable bonds is 1. The summed E-state index contributed by atoms with van der Waals surface area (Å²) in [6, 6.07) is 12.2. The summed E-state index contributed by atoms with van der Waals surface area (Å²) in [4.78, 5) is 12.0. The summed E-state index contributed by atoms with van der Waals surface area (Å²) in [7, 11) is 0. The molecule has 0 unspecified atom stereocenters. The van der Waals surface area contributed by atoms with Crippen molar-refractivity contribution in [3.05, 3.63) is 53.1 Å². The van der Waals surface area contributed by atoms with E-state index in [4.69, 9.17) is 4.74 Å². The molecule has 100 valence electrons. The predicted molar refractivity (Wildman–Crippen MR) is 77.1 cm³/mol. The van der Waals surface area contributed by atoms with Crippen LogP contribution in [0.2, 0.25) is 0 Å². The molecule has 0 aliphatic carbocycles. The quantitative estimate of drug-likeness (QED) is 0.860. The maximum absolute atomic E-state index is 12.0. The van der Waals surface area contributed by atoms with Gasteiger partial charge in [0, 0.05) is 24.1 Å². The molecule has 3 nitrogen and oxygen atoms in total. The summed E-state index contributed by atoms with van der Waals surface area (Å²) in [5, 5.41) is 2.91. The molecule has 1 amide bonds. The Morgan fingerprint density at radius 3 is 2.55 bits per heavy atom. The monoisotopic (exact) mass is 265 g/mol. The molecule has 0 saturated heterocycles. The van der Waals surface area contributed by atoms with E-state index in [-0.39, 0.29) is 5.91 Å². The number of carbonyl (C=O) groups excluding carboxylic acids is 1. The van der Waals surface area contributed by atoms with E-state index in [2.05, 4.69) is 17.4 Å². The van der Waals surface area contributed by atoms with Gasteiger partial charge >= 0.3 is 0 Å². The second-order valence-electron chi connectivity index (χ2n) is 5.22. The minimum atomic E-state index is 0.0388. The lowest BCUT2D eigenvalue weighted by atomic mass is 9.88. The molecule has 3 heteroatoms. The van der Waals surface area contributed by atoms with Crippen LogP contribution in [-0.4, -0.2) is 19.1 Å². The Bertz CT molecular complexity index is 706. The van der Waals surface area contributed by atoms with Crippen LogP contribution >= 0.6 is 0 Å². The third kappa shape index (κ3) is 1.63.